The number of nitrogens with one attached hydrogen (secondary N) is 1. The van der Waals surface area contributed by atoms with Gasteiger partial charge in [0.05, 0.1) is 0 Å². The van der Waals surface area contributed by atoms with Gasteiger partial charge in [-0.25, -0.2) is 14.4 Å². The number of halogens is 1. The summed E-state index contributed by atoms with van der Waals surface area (Å²) in [4.78, 5) is 23.7. The smallest absolute Gasteiger partial charge is 0.227 e. The lowest BCUT2D eigenvalue weighted by atomic mass is 9.96. The van der Waals surface area contributed by atoms with Gasteiger partial charge < -0.3 is 10.2 Å². The Bertz CT molecular complexity index is 1010. The van der Waals surface area contributed by atoms with E-state index in [9.17, 15) is 9.18 Å². The van der Waals surface area contributed by atoms with E-state index >= 15 is 0 Å². The molecule has 0 bridgehead atoms. The Balaban J connectivity index is 1.31. The fraction of sp³-hybridized carbons (Fsp3) is 0.320. The highest BCUT2D eigenvalue weighted by Gasteiger charge is 2.26. The average Bonchev–Trinajstić information content (AvgIpc) is 2.80. The highest BCUT2D eigenvalue weighted by Crippen LogP contribution is 2.24. The van der Waals surface area contributed by atoms with Crippen LogP contribution in [0.5, 0.6) is 0 Å². The minimum Gasteiger partial charge on any atom is -0.341 e. The number of benzene rings is 2. The molecular weight excluding hydrogens is 391 g/mol. The van der Waals surface area contributed by atoms with Crippen molar-refractivity contribution < 1.29 is 9.18 Å². The van der Waals surface area contributed by atoms with Gasteiger partial charge in [-0.2, -0.15) is 0 Å². The first-order chi connectivity index (χ1) is 15.0. The lowest BCUT2D eigenvalue weighted by Crippen LogP contribution is -2.39. The van der Waals surface area contributed by atoms with Crippen molar-refractivity contribution in [2.45, 2.75) is 32.6 Å². The summed E-state index contributed by atoms with van der Waals surface area (Å²) in [7, 11) is 0. The summed E-state index contributed by atoms with van der Waals surface area (Å²) >= 11 is 0. The fourth-order valence-electron chi connectivity index (χ4n) is 3.81. The van der Waals surface area contributed by atoms with Gasteiger partial charge in [-0.15, -0.1) is 0 Å². The number of carbonyl (C=O) groups is 1. The molecule has 4 rings (SSSR count). The number of amides is 1. The van der Waals surface area contributed by atoms with Crippen molar-refractivity contribution in [2.75, 3.05) is 23.3 Å². The second kappa shape index (κ2) is 9.25. The summed E-state index contributed by atoms with van der Waals surface area (Å²) < 4.78 is 13.1. The zero-order valence-electron chi connectivity index (χ0n) is 17.9. The Labute approximate surface area is 182 Å². The van der Waals surface area contributed by atoms with Crippen molar-refractivity contribution in [1.82, 2.24) is 9.97 Å². The topological polar surface area (TPSA) is 58.1 Å². The quantitative estimate of drug-likeness (QED) is 0.614. The molecular formula is C25H27FN4O. The van der Waals surface area contributed by atoms with E-state index in [0.29, 0.717) is 11.9 Å². The molecule has 1 N–H and O–H groups in total. The summed E-state index contributed by atoms with van der Waals surface area (Å²) in [6, 6.07) is 14.4. The van der Waals surface area contributed by atoms with Gasteiger partial charge in [0, 0.05) is 42.7 Å². The van der Waals surface area contributed by atoms with Gasteiger partial charge in [0.1, 0.15) is 5.82 Å². The van der Waals surface area contributed by atoms with E-state index in [2.05, 4.69) is 46.2 Å². The summed E-state index contributed by atoms with van der Waals surface area (Å²) in [5.41, 5.74) is 3.83. The van der Waals surface area contributed by atoms with Gasteiger partial charge in [-0.1, -0.05) is 38.1 Å². The molecule has 160 valence electrons. The van der Waals surface area contributed by atoms with E-state index in [0.717, 1.165) is 42.7 Å². The van der Waals surface area contributed by atoms with Crippen LogP contribution in [0.1, 0.15) is 38.2 Å². The molecule has 3 aromatic rings. The van der Waals surface area contributed by atoms with Crippen molar-refractivity contribution in [3.63, 3.8) is 0 Å². The highest BCUT2D eigenvalue weighted by atomic mass is 19.1. The third-order valence-electron chi connectivity index (χ3n) is 5.81. The fourth-order valence-corrected chi connectivity index (χ4v) is 3.81. The number of nitrogens with zero attached hydrogens (tertiary/aromatic N) is 3. The largest absolute Gasteiger partial charge is 0.341 e. The zero-order valence-corrected chi connectivity index (χ0v) is 17.9. The number of anilines is 2. The number of piperidine rings is 1. The van der Waals surface area contributed by atoms with Crippen molar-refractivity contribution in [2.24, 2.45) is 5.92 Å². The average molecular weight is 419 g/mol. The highest BCUT2D eigenvalue weighted by molar-refractivity contribution is 5.92. The molecule has 1 amide bonds. The Hall–Kier alpha value is -3.28. The Kier molecular flexibility index (Phi) is 6.26. The van der Waals surface area contributed by atoms with Crippen molar-refractivity contribution in [3.05, 3.63) is 72.3 Å². The van der Waals surface area contributed by atoms with Crippen LogP contribution in [0.15, 0.2) is 60.9 Å². The molecule has 6 heteroatoms. The lowest BCUT2D eigenvalue weighted by Gasteiger charge is -2.31. The van der Waals surface area contributed by atoms with Gasteiger partial charge in [0.2, 0.25) is 11.9 Å². The van der Waals surface area contributed by atoms with E-state index in [-0.39, 0.29) is 17.6 Å². The molecule has 2 heterocycles. The molecule has 1 aromatic heterocycles. The van der Waals surface area contributed by atoms with Gasteiger partial charge in [0.25, 0.3) is 0 Å². The minimum absolute atomic E-state index is 0.0143. The standard InChI is InChI=1S/C25H27FN4O/c1-17(2)18-5-9-23(10-6-18)29-24(31)20-11-13-30(14-12-20)25-27-15-21(16-28-25)19-3-7-22(26)8-4-19/h3-10,15-17,20H,11-14H2,1-2H3,(H,29,31). The minimum atomic E-state index is -0.263. The third-order valence-corrected chi connectivity index (χ3v) is 5.81. The summed E-state index contributed by atoms with van der Waals surface area (Å²) in [6.07, 6.45) is 5.04. The number of hydrogen-bond donors (Lipinski definition) is 1. The van der Waals surface area contributed by atoms with Crippen LogP contribution >= 0.6 is 0 Å². The SMILES string of the molecule is CC(C)c1ccc(NC(=O)C2CCN(c3ncc(-c4ccc(F)cc4)cn3)CC2)cc1. The van der Waals surface area contributed by atoms with E-state index in [1.54, 1.807) is 24.5 Å². The maximum absolute atomic E-state index is 13.1. The number of hydrogen-bond acceptors (Lipinski definition) is 4. The van der Waals surface area contributed by atoms with Crippen LogP contribution < -0.4 is 10.2 Å². The molecule has 0 radical (unpaired) electrons. The summed E-state index contributed by atoms with van der Waals surface area (Å²) in [6.45, 7) is 5.78. The van der Waals surface area contributed by atoms with Crippen molar-refractivity contribution >= 4 is 17.5 Å². The van der Waals surface area contributed by atoms with Crippen LogP contribution in [0.2, 0.25) is 0 Å². The van der Waals surface area contributed by atoms with Crippen LogP contribution in [0.4, 0.5) is 16.0 Å². The molecule has 31 heavy (non-hydrogen) atoms. The number of rotatable bonds is 5. The molecule has 1 saturated heterocycles. The van der Waals surface area contributed by atoms with Crippen LogP contribution in [0, 0.1) is 11.7 Å². The first-order valence-corrected chi connectivity index (χ1v) is 10.7. The van der Waals surface area contributed by atoms with Gasteiger partial charge in [-0.05, 0) is 54.2 Å². The van der Waals surface area contributed by atoms with E-state index in [4.69, 9.17) is 0 Å². The second-order valence-electron chi connectivity index (χ2n) is 8.31. The number of aromatic nitrogens is 2. The lowest BCUT2D eigenvalue weighted by molar-refractivity contribution is -0.120. The van der Waals surface area contributed by atoms with Gasteiger partial charge in [0.15, 0.2) is 0 Å². The predicted octanol–water partition coefficient (Wildman–Crippen LogP) is 5.26. The van der Waals surface area contributed by atoms with E-state index < -0.39 is 0 Å². The van der Waals surface area contributed by atoms with Crippen molar-refractivity contribution in [1.29, 1.82) is 0 Å². The molecule has 1 aliphatic heterocycles. The van der Waals surface area contributed by atoms with E-state index in [1.165, 1.54) is 17.7 Å². The van der Waals surface area contributed by atoms with Crippen molar-refractivity contribution in [3.8, 4) is 11.1 Å². The molecule has 0 atom stereocenters. The van der Waals surface area contributed by atoms with Gasteiger partial charge in [-0.3, -0.25) is 4.79 Å². The normalized spacial score (nSPS) is 14.6. The Morgan fingerprint density at radius 3 is 2.16 bits per heavy atom. The molecule has 2 aromatic carbocycles. The predicted molar refractivity (Wildman–Crippen MR) is 122 cm³/mol. The third kappa shape index (κ3) is 5.08. The molecule has 5 nitrogen and oxygen atoms in total. The van der Waals surface area contributed by atoms with Crippen LogP contribution in [-0.2, 0) is 4.79 Å². The Morgan fingerprint density at radius 1 is 0.968 bits per heavy atom. The maximum Gasteiger partial charge on any atom is 0.227 e. The first-order valence-electron chi connectivity index (χ1n) is 10.7. The van der Waals surface area contributed by atoms with Crippen LogP contribution in [0.3, 0.4) is 0 Å². The monoisotopic (exact) mass is 418 g/mol. The maximum atomic E-state index is 13.1. The molecule has 1 fully saturated rings. The van der Waals surface area contributed by atoms with Gasteiger partial charge >= 0.3 is 0 Å². The zero-order chi connectivity index (χ0) is 21.8. The molecule has 0 unspecified atom stereocenters. The van der Waals surface area contributed by atoms with Crippen LogP contribution in [-0.4, -0.2) is 29.0 Å². The first kappa shape index (κ1) is 21.0. The summed E-state index contributed by atoms with van der Waals surface area (Å²) in [5, 5.41) is 3.05. The Morgan fingerprint density at radius 2 is 1.58 bits per heavy atom. The van der Waals surface area contributed by atoms with Crippen LogP contribution in [0.25, 0.3) is 11.1 Å². The second-order valence-corrected chi connectivity index (χ2v) is 8.31. The number of carbonyl (C=O) groups excluding carboxylic acids is 1. The summed E-state index contributed by atoms with van der Waals surface area (Å²) in [5.74, 6) is 0.930. The molecule has 0 spiro atoms. The van der Waals surface area contributed by atoms with E-state index in [1.807, 2.05) is 12.1 Å². The molecule has 0 saturated carbocycles. The molecule has 0 aliphatic carbocycles. The molecule has 1 aliphatic rings.